The molecule has 26 heavy (non-hydrogen) atoms. The second-order valence-electron chi connectivity index (χ2n) is 7.45. The predicted molar refractivity (Wildman–Crippen MR) is 108 cm³/mol. The maximum absolute atomic E-state index is 12.2. The zero-order valence-corrected chi connectivity index (χ0v) is 16.1. The van der Waals surface area contributed by atoms with E-state index in [9.17, 15) is 9.59 Å². The molecule has 3 N–H and O–H groups in total. The number of para-hydroxylation sites is 1. The highest BCUT2D eigenvalue weighted by atomic mass is 16.2. The van der Waals surface area contributed by atoms with E-state index in [-0.39, 0.29) is 18.4 Å². The molecule has 2 aromatic rings. The van der Waals surface area contributed by atoms with E-state index < -0.39 is 5.41 Å². The van der Waals surface area contributed by atoms with E-state index in [1.807, 2.05) is 52.8 Å². The van der Waals surface area contributed by atoms with Crippen LogP contribution in [-0.4, -0.2) is 18.4 Å². The number of carbonyl (C=O) groups excluding carboxylic acids is 2. The number of anilines is 3. The van der Waals surface area contributed by atoms with E-state index in [2.05, 4.69) is 16.0 Å². The van der Waals surface area contributed by atoms with Gasteiger partial charge in [-0.2, -0.15) is 0 Å². The Morgan fingerprint density at radius 1 is 0.885 bits per heavy atom. The van der Waals surface area contributed by atoms with Gasteiger partial charge in [-0.25, -0.2) is 0 Å². The summed E-state index contributed by atoms with van der Waals surface area (Å²) in [5, 5.41) is 8.90. The van der Waals surface area contributed by atoms with Gasteiger partial charge in [0, 0.05) is 22.5 Å². The van der Waals surface area contributed by atoms with Crippen LogP contribution < -0.4 is 16.0 Å². The summed E-state index contributed by atoms with van der Waals surface area (Å²) in [6.45, 7) is 9.75. The van der Waals surface area contributed by atoms with Crippen LogP contribution in [0.15, 0.2) is 42.5 Å². The van der Waals surface area contributed by atoms with Crippen molar-refractivity contribution >= 4 is 28.9 Å². The van der Waals surface area contributed by atoms with Crippen molar-refractivity contribution in [3.05, 3.63) is 53.6 Å². The summed E-state index contributed by atoms with van der Waals surface area (Å²) in [6, 6.07) is 13.2. The molecule has 0 aliphatic heterocycles. The average molecular weight is 353 g/mol. The SMILES string of the molecule is Cc1cccc(C)c1NCC(=O)Nc1cccc(NC(=O)C(C)(C)C)c1. The molecular formula is C21H27N3O2. The van der Waals surface area contributed by atoms with Crippen LogP contribution in [-0.2, 0) is 9.59 Å². The molecule has 0 aliphatic rings. The Bertz CT molecular complexity index is 787. The van der Waals surface area contributed by atoms with Crippen molar-refractivity contribution in [3.63, 3.8) is 0 Å². The van der Waals surface area contributed by atoms with Gasteiger partial charge in [0.25, 0.3) is 0 Å². The second-order valence-corrected chi connectivity index (χ2v) is 7.45. The van der Waals surface area contributed by atoms with Crippen molar-refractivity contribution < 1.29 is 9.59 Å². The van der Waals surface area contributed by atoms with Crippen LogP contribution >= 0.6 is 0 Å². The lowest BCUT2D eigenvalue weighted by atomic mass is 9.95. The molecule has 0 bridgehead atoms. The maximum atomic E-state index is 12.2. The average Bonchev–Trinajstić information content (AvgIpc) is 2.53. The monoisotopic (exact) mass is 353 g/mol. The molecule has 138 valence electrons. The number of aryl methyl sites for hydroxylation is 2. The summed E-state index contributed by atoms with van der Waals surface area (Å²) in [6.07, 6.45) is 0. The molecule has 5 heteroatoms. The Morgan fingerprint density at radius 2 is 1.42 bits per heavy atom. The lowest BCUT2D eigenvalue weighted by Gasteiger charge is -2.18. The highest BCUT2D eigenvalue weighted by molar-refractivity contribution is 5.97. The van der Waals surface area contributed by atoms with Crippen molar-refractivity contribution in [1.29, 1.82) is 0 Å². The Kier molecular flexibility index (Phi) is 6.03. The van der Waals surface area contributed by atoms with Gasteiger partial charge >= 0.3 is 0 Å². The van der Waals surface area contributed by atoms with E-state index in [0.717, 1.165) is 16.8 Å². The van der Waals surface area contributed by atoms with Gasteiger partial charge in [-0.3, -0.25) is 9.59 Å². The normalized spacial score (nSPS) is 11.0. The van der Waals surface area contributed by atoms with Crippen molar-refractivity contribution in [3.8, 4) is 0 Å². The third-order valence-electron chi connectivity index (χ3n) is 3.99. The molecule has 2 aromatic carbocycles. The van der Waals surface area contributed by atoms with Crippen LogP contribution in [0.25, 0.3) is 0 Å². The molecule has 0 aromatic heterocycles. The predicted octanol–water partition coefficient (Wildman–Crippen LogP) is 4.34. The molecule has 0 fully saturated rings. The molecule has 0 saturated heterocycles. The van der Waals surface area contributed by atoms with Crippen LogP contribution in [0.5, 0.6) is 0 Å². The van der Waals surface area contributed by atoms with E-state index in [0.29, 0.717) is 11.4 Å². The molecule has 0 spiro atoms. The second kappa shape index (κ2) is 8.04. The van der Waals surface area contributed by atoms with E-state index in [4.69, 9.17) is 0 Å². The summed E-state index contributed by atoms with van der Waals surface area (Å²) >= 11 is 0. The molecular weight excluding hydrogens is 326 g/mol. The van der Waals surface area contributed by atoms with Gasteiger partial charge in [0.15, 0.2) is 0 Å². The molecule has 0 heterocycles. The molecule has 0 saturated carbocycles. The van der Waals surface area contributed by atoms with E-state index in [1.54, 1.807) is 24.3 Å². The molecule has 0 atom stereocenters. The first-order valence-corrected chi connectivity index (χ1v) is 8.68. The zero-order valence-electron chi connectivity index (χ0n) is 16.1. The van der Waals surface area contributed by atoms with Crippen molar-refractivity contribution in [1.82, 2.24) is 0 Å². The maximum Gasteiger partial charge on any atom is 0.243 e. The smallest absolute Gasteiger partial charge is 0.243 e. The summed E-state index contributed by atoms with van der Waals surface area (Å²) < 4.78 is 0. The third kappa shape index (κ3) is 5.34. The van der Waals surface area contributed by atoms with Gasteiger partial charge in [-0.05, 0) is 43.2 Å². The quantitative estimate of drug-likeness (QED) is 0.749. The largest absolute Gasteiger partial charge is 0.376 e. The van der Waals surface area contributed by atoms with Gasteiger partial charge in [0.2, 0.25) is 11.8 Å². The molecule has 0 radical (unpaired) electrons. The topological polar surface area (TPSA) is 70.2 Å². The first kappa shape index (κ1) is 19.5. The molecule has 5 nitrogen and oxygen atoms in total. The number of hydrogen-bond acceptors (Lipinski definition) is 3. The van der Waals surface area contributed by atoms with E-state index in [1.165, 1.54) is 0 Å². The molecule has 0 aliphatic carbocycles. The fourth-order valence-electron chi connectivity index (χ4n) is 2.46. The standard InChI is InChI=1S/C21H27N3O2/c1-14-8-6-9-15(2)19(14)22-13-18(25)23-16-10-7-11-17(12-16)24-20(26)21(3,4)5/h6-12,22H,13H2,1-5H3,(H,23,25)(H,24,26). The Hall–Kier alpha value is -2.82. The fraction of sp³-hybridized carbons (Fsp3) is 0.333. The van der Waals surface area contributed by atoms with Gasteiger partial charge in [0.1, 0.15) is 0 Å². The van der Waals surface area contributed by atoms with Gasteiger partial charge in [0.05, 0.1) is 6.54 Å². The van der Waals surface area contributed by atoms with Crippen LogP contribution in [0.2, 0.25) is 0 Å². The summed E-state index contributed by atoms with van der Waals surface area (Å²) in [5.41, 5.74) is 4.01. The van der Waals surface area contributed by atoms with Crippen LogP contribution in [0, 0.1) is 19.3 Å². The highest BCUT2D eigenvalue weighted by Gasteiger charge is 2.21. The minimum absolute atomic E-state index is 0.0716. The van der Waals surface area contributed by atoms with E-state index >= 15 is 0 Å². The van der Waals surface area contributed by atoms with Crippen LogP contribution in [0.4, 0.5) is 17.1 Å². The molecule has 0 unspecified atom stereocenters. The summed E-state index contributed by atoms with van der Waals surface area (Å²) in [5.74, 6) is -0.218. The number of carbonyl (C=O) groups is 2. The first-order valence-electron chi connectivity index (χ1n) is 8.68. The first-order chi connectivity index (χ1) is 12.2. The van der Waals surface area contributed by atoms with Gasteiger partial charge in [-0.1, -0.05) is 45.0 Å². The Balaban J connectivity index is 1.97. The third-order valence-corrected chi connectivity index (χ3v) is 3.99. The number of benzene rings is 2. The number of amides is 2. The molecule has 2 amide bonds. The lowest BCUT2D eigenvalue weighted by molar-refractivity contribution is -0.123. The number of nitrogens with one attached hydrogen (secondary N) is 3. The fourth-order valence-corrected chi connectivity index (χ4v) is 2.46. The van der Waals surface area contributed by atoms with Crippen LogP contribution in [0.1, 0.15) is 31.9 Å². The number of rotatable bonds is 5. The Labute approximate surface area is 155 Å². The Morgan fingerprint density at radius 3 is 2.00 bits per heavy atom. The highest BCUT2D eigenvalue weighted by Crippen LogP contribution is 2.21. The molecule has 2 rings (SSSR count). The summed E-state index contributed by atoms with van der Waals surface area (Å²) in [4.78, 5) is 24.3. The zero-order chi connectivity index (χ0) is 19.3. The minimum Gasteiger partial charge on any atom is -0.376 e. The number of hydrogen-bond donors (Lipinski definition) is 3. The summed E-state index contributed by atoms with van der Waals surface area (Å²) in [7, 11) is 0. The lowest BCUT2D eigenvalue weighted by Crippen LogP contribution is -2.27. The van der Waals surface area contributed by atoms with Crippen molar-refractivity contribution in [2.75, 3.05) is 22.5 Å². The van der Waals surface area contributed by atoms with Gasteiger partial charge in [-0.15, -0.1) is 0 Å². The van der Waals surface area contributed by atoms with Gasteiger partial charge < -0.3 is 16.0 Å². The minimum atomic E-state index is -0.478. The van der Waals surface area contributed by atoms with Crippen molar-refractivity contribution in [2.24, 2.45) is 5.41 Å². The van der Waals surface area contributed by atoms with Crippen molar-refractivity contribution in [2.45, 2.75) is 34.6 Å². The van der Waals surface area contributed by atoms with Crippen LogP contribution in [0.3, 0.4) is 0 Å².